The van der Waals surface area contributed by atoms with Crippen LogP contribution in [0.25, 0.3) is 0 Å². The number of fused-ring (bicyclic) bond motifs is 1. The summed E-state index contributed by atoms with van der Waals surface area (Å²) >= 11 is 1.67. The van der Waals surface area contributed by atoms with Gasteiger partial charge in [-0.05, 0) is 66.0 Å². The second-order valence-electron chi connectivity index (χ2n) is 8.85. The lowest BCUT2D eigenvalue weighted by molar-refractivity contribution is 0.102. The number of hydrogen-bond donors (Lipinski definition) is 1. The van der Waals surface area contributed by atoms with Gasteiger partial charge in [0.2, 0.25) is 0 Å². The van der Waals surface area contributed by atoms with Crippen LogP contribution in [0.5, 0.6) is 0 Å². The highest BCUT2D eigenvalue weighted by atomic mass is 32.1. The van der Waals surface area contributed by atoms with Crippen molar-refractivity contribution in [2.45, 2.75) is 40.0 Å². The molecule has 0 bridgehead atoms. The van der Waals surface area contributed by atoms with Crippen LogP contribution in [0.2, 0.25) is 0 Å². The summed E-state index contributed by atoms with van der Waals surface area (Å²) in [6, 6.07) is 13.4. The molecule has 0 saturated heterocycles. The number of pyridine rings is 1. The summed E-state index contributed by atoms with van der Waals surface area (Å²) in [5, 5.41) is 3.85. The average molecular weight is 418 g/mol. The standard InChI is InChI=1S/C25H27N3OS/c1-25(2,3)18-9-10-20-21(15-18)30-24(27-16-17-11-13-26-14-12-17)22(20)23(29)28-19-7-5-4-6-8-19/h4-8,11-14,16,18H,9-10,15H2,1-3H3,(H,28,29)/t18-/m1/s1. The van der Waals surface area contributed by atoms with Gasteiger partial charge in [0.1, 0.15) is 5.00 Å². The number of rotatable bonds is 4. The van der Waals surface area contributed by atoms with Crippen molar-refractivity contribution in [2.24, 2.45) is 16.3 Å². The van der Waals surface area contributed by atoms with Gasteiger partial charge in [-0.3, -0.25) is 9.78 Å². The van der Waals surface area contributed by atoms with Gasteiger partial charge in [-0.15, -0.1) is 11.3 Å². The highest BCUT2D eigenvalue weighted by molar-refractivity contribution is 7.16. The molecule has 0 spiro atoms. The maximum absolute atomic E-state index is 13.3. The van der Waals surface area contributed by atoms with Gasteiger partial charge in [0, 0.05) is 29.2 Å². The van der Waals surface area contributed by atoms with Crippen LogP contribution >= 0.6 is 11.3 Å². The minimum Gasteiger partial charge on any atom is -0.322 e. The first kappa shape index (κ1) is 20.5. The number of hydrogen-bond acceptors (Lipinski definition) is 4. The van der Waals surface area contributed by atoms with Gasteiger partial charge < -0.3 is 5.32 Å². The van der Waals surface area contributed by atoms with Gasteiger partial charge in [-0.25, -0.2) is 4.99 Å². The van der Waals surface area contributed by atoms with E-state index in [4.69, 9.17) is 4.99 Å². The molecule has 4 nitrogen and oxygen atoms in total. The summed E-state index contributed by atoms with van der Waals surface area (Å²) in [6.07, 6.45) is 8.36. The number of aromatic nitrogens is 1. The molecule has 154 valence electrons. The van der Waals surface area contributed by atoms with Crippen molar-refractivity contribution in [1.29, 1.82) is 0 Å². The molecule has 30 heavy (non-hydrogen) atoms. The molecule has 3 aromatic rings. The van der Waals surface area contributed by atoms with Gasteiger partial charge in [0.25, 0.3) is 5.91 Å². The Labute approximate surface area is 182 Å². The number of nitrogens with one attached hydrogen (secondary N) is 1. The minimum atomic E-state index is -0.0743. The second kappa shape index (κ2) is 8.52. The Hall–Kier alpha value is -2.79. The van der Waals surface area contributed by atoms with Gasteiger partial charge in [0.15, 0.2) is 0 Å². The number of amides is 1. The topological polar surface area (TPSA) is 54.4 Å². The Kier molecular flexibility index (Phi) is 5.82. The van der Waals surface area contributed by atoms with Crippen molar-refractivity contribution in [1.82, 2.24) is 4.98 Å². The number of aliphatic imine (C=N–C) groups is 1. The zero-order valence-electron chi connectivity index (χ0n) is 17.7. The molecule has 0 unspecified atom stereocenters. The molecule has 1 amide bonds. The molecule has 1 aromatic carbocycles. The molecule has 2 aromatic heterocycles. The monoisotopic (exact) mass is 417 g/mol. The summed E-state index contributed by atoms with van der Waals surface area (Å²) in [5.74, 6) is 0.542. The first-order valence-corrected chi connectivity index (χ1v) is 11.2. The SMILES string of the molecule is CC(C)(C)[C@@H]1CCc2c(sc(N=Cc3ccncc3)c2C(=O)Nc2ccccc2)C1. The summed E-state index contributed by atoms with van der Waals surface area (Å²) in [4.78, 5) is 23.4. The van der Waals surface area contributed by atoms with Crippen LogP contribution in [-0.2, 0) is 12.8 Å². The van der Waals surface area contributed by atoms with Crippen LogP contribution in [0, 0.1) is 11.3 Å². The van der Waals surface area contributed by atoms with E-state index in [1.54, 1.807) is 23.7 Å². The maximum Gasteiger partial charge on any atom is 0.259 e. The molecule has 0 aliphatic heterocycles. The lowest BCUT2D eigenvalue weighted by Gasteiger charge is -2.33. The zero-order chi connectivity index (χ0) is 21.1. The van der Waals surface area contributed by atoms with E-state index in [2.05, 4.69) is 31.1 Å². The largest absolute Gasteiger partial charge is 0.322 e. The van der Waals surface area contributed by atoms with Crippen LogP contribution in [0.15, 0.2) is 59.9 Å². The van der Waals surface area contributed by atoms with Crippen LogP contribution in [-0.4, -0.2) is 17.1 Å². The summed E-state index contributed by atoms with van der Waals surface area (Å²) in [6.45, 7) is 6.92. The minimum absolute atomic E-state index is 0.0743. The quantitative estimate of drug-likeness (QED) is 0.507. The second-order valence-corrected chi connectivity index (χ2v) is 9.93. The average Bonchev–Trinajstić information content (AvgIpc) is 3.11. The van der Waals surface area contributed by atoms with Gasteiger partial charge in [0.05, 0.1) is 5.56 Å². The highest BCUT2D eigenvalue weighted by Gasteiger charge is 2.33. The van der Waals surface area contributed by atoms with Gasteiger partial charge >= 0.3 is 0 Å². The third-order valence-electron chi connectivity index (χ3n) is 5.77. The van der Waals surface area contributed by atoms with E-state index in [0.717, 1.165) is 41.1 Å². The highest BCUT2D eigenvalue weighted by Crippen LogP contribution is 2.45. The van der Waals surface area contributed by atoms with Gasteiger partial charge in [-0.2, -0.15) is 0 Å². The fourth-order valence-corrected chi connectivity index (χ4v) is 5.20. The molecular weight excluding hydrogens is 390 g/mol. The fraction of sp³-hybridized carbons (Fsp3) is 0.320. The van der Waals surface area contributed by atoms with Crippen LogP contribution in [0.4, 0.5) is 10.7 Å². The normalized spacial score (nSPS) is 16.4. The molecule has 0 radical (unpaired) electrons. The maximum atomic E-state index is 13.3. The molecule has 5 heteroatoms. The Morgan fingerprint density at radius 1 is 1.17 bits per heavy atom. The first-order chi connectivity index (χ1) is 14.4. The fourth-order valence-electron chi connectivity index (χ4n) is 3.93. The Bertz CT molecular complexity index is 1050. The number of carbonyl (C=O) groups excluding carboxylic acids is 1. The summed E-state index contributed by atoms with van der Waals surface area (Å²) < 4.78 is 0. The van der Waals surface area contributed by atoms with Crippen molar-refractivity contribution in [3.05, 3.63) is 76.4 Å². The van der Waals surface area contributed by atoms with Crippen molar-refractivity contribution in [3.8, 4) is 0 Å². The van der Waals surface area contributed by atoms with E-state index >= 15 is 0 Å². The molecule has 0 fully saturated rings. The third-order valence-corrected chi connectivity index (χ3v) is 6.93. The molecular formula is C25H27N3OS. The Balaban J connectivity index is 1.70. The van der Waals surface area contributed by atoms with E-state index in [1.807, 2.05) is 48.7 Å². The summed E-state index contributed by atoms with van der Waals surface area (Å²) in [7, 11) is 0. The molecule has 4 rings (SSSR count). The van der Waals surface area contributed by atoms with Gasteiger partial charge in [-0.1, -0.05) is 39.0 Å². The van der Waals surface area contributed by atoms with E-state index in [-0.39, 0.29) is 11.3 Å². The predicted molar refractivity (Wildman–Crippen MR) is 125 cm³/mol. The Morgan fingerprint density at radius 2 is 1.90 bits per heavy atom. The lowest BCUT2D eigenvalue weighted by Crippen LogP contribution is -2.27. The molecule has 1 aliphatic rings. The first-order valence-electron chi connectivity index (χ1n) is 10.4. The Morgan fingerprint density at radius 3 is 2.60 bits per heavy atom. The molecule has 2 heterocycles. The summed E-state index contributed by atoms with van der Waals surface area (Å²) in [5.41, 5.74) is 3.94. The molecule has 1 N–H and O–H groups in total. The number of para-hydroxylation sites is 1. The number of anilines is 1. The molecule has 1 aliphatic carbocycles. The van der Waals surface area contributed by atoms with E-state index < -0.39 is 0 Å². The number of nitrogens with zero attached hydrogens (tertiary/aromatic N) is 2. The third kappa shape index (κ3) is 4.51. The number of thiophene rings is 1. The smallest absolute Gasteiger partial charge is 0.259 e. The zero-order valence-corrected chi connectivity index (χ0v) is 18.5. The van der Waals surface area contributed by atoms with Crippen LogP contribution in [0.3, 0.4) is 0 Å². The molecule has 0 saturated carbocycles. The lowest BCUT2D eigenvalue weighted by atomic mass is 9.72. The van der Waals surface area contributed by atoms with Crippen LogP contribution < -0.4 is 5.32 Å². The van der Waals surface area contributed by atoms with E-state index in [0.29, 0.717) is 5.92 Å². The molecule has 1 atom stereocenters. The van der Waals surface area contributed by atoms with Crippen molar-refractivity contribution < 1.29 is 4.79 Å². The number of carbonyl (C=O) groups is 1. The predicted octanol–water partition coefficient (Wildman–Crippen LogP) is 6.30. The number of benzene rings is 1. The van der Waals surface area contributed by atoms with Crippen molar-refractivity contribution in [3.63, 3.8) is 0 Å². The van der Waals surface area contributed by atoms with Crippen LogP contribution in [0.1, 0.15) is 53.6 Å². The van der Waals surface area contributed by atoms with E-state index in [1.165, 1.54) is 10.4 Å². The van der Waals surface area contributed by atoms with Crippen molar-refractivity contribution in [2.75, 3.05) is 5.32 Å². The van der Waals surface area contributed by atoms with Crippen molar-refractivity contribution >= 4 is 34.1 Å². The van der Waals surface area contributed by atoms with E-state index in [9.17, 15) is 4.79 Å².